The van der Waals surface area contributed by atoms with E-state index in [2.05, 4.69) is 5.10 Å². The van der Waals surface area contributed by atoms with Crippen LogP contribution in [-0.2, 0) is 18.3 Å². The third-order valence-electron chi connectivity index (χ3n) is 2.59. The largest absolute Gasteiger partial charge is 0.299 e. The Labute approximate surface area is 88.7 Å². The van der Waals surface area contributed by atoms with Crippen molar-refractivity contribution in [2.75, 3.05) is 0 Å². The van der Waals surface area contributed by atoms with Crippen molar-refractivity contribution in [2.24, 2.45) is 7.05 Å². The zero-order valence-corrected chi connectivity index (χ0v) is 9.03. The average Bonchev–Trinajstić information content (AvgIpc) is 2.57. The van der Waals surface area contributed by atoms with Crippen LogP contribution in [0.5, 0.6) is 0 Å². The summed E-state index contributed by atoms with van der Waals surface area (Å²) in [6.07, 6.45) is 1.02. The lowest BCUT2D eigenvalue weighted by atomic mass is 10.1. The van der Waals surface area contributed by atoms with Crippen LogP contribution < -0.4 is 0 Å². The van der Waals surface area contributed by atoms with Crippen LogP contribution in [0.4, 0.5) is 0 Å². The molecule has 2 rings (SSSR count). The first-order valence-electron chi connectivity index (χ1n) is 5.14. The van der Waals surface area contributed by atoms with Gasteiger partial charge in [0.25, 0.3) is 0 Å². The number of nitrogens with zero attached hydrogens (tertiary/aromatic N) is 2. The molecule has 0 bridgehead atoms. The second kappa shape index (κ2) is 3.85. The highest BCUT2D eigenvalue weighted by molar-refractivity contribution is 5.88. The minimum Gasteiger partial charge on any atom is -0.299 e. The molecule has 0 saturated carbocycles. The number of rotatable bonds is 3. The number of carbonyl (C=O) groups excluding carboxylic acids is 1. The molecule has 3 heteroatoms. The van der Waals surface area contributed by atoms with Gasteiger partial charge in [-0.2, -0.15) is 5.10 Å². The number of carbonyl (C=O) groups is 1. The second-order valence-electron chi connectivity index (χ2n) is 3.66. The fourth-order valence-corrected chi connectivity index (χ4v) is 1.73. The molecule has 0 unspecified atom stereocenters. The lowest BCUT2D eigenvalue weighted by molar-refractivity contribution is -0.118. The van der Waals surface area contributed by atoms with Crippen LogP contribution in [0.2, 0.25) is 0 Å². The first kappa shape index (κ1) is 9.90. The molecule has 1 aromatic heterocycles. The molecular formula is C12H14N2O. The summed E-state index contributed by atoms with van der Waals surface area (Å²) in [6.45, 7) is 1.88. The Bertz CT molecular complexity index is 499. The Kier molecular flexibility index (Phi) is 2.54. The van der Waals surface area contributed by atoms with Gasteiger partial charge >= 0.3 is 0 Å². The van der Waals surface area contributed by atoms with Crippen molar-refractivity contribution < 1.29 is 4.79 Å². The number of benzene rings is 1. The van der Waals surface area contributed by atoms with Gasteiger partial charge in [-0.1, -0.05) is 25.1 Å². The van der Waals surface area contributed by atoms with Gasteiger partial charge in [-0.3, -0.25) is 9.48 Å². The average molecular weight is 202 g/mol. The summed E-state index contributed by atoms with van der Waals surface area (Å²) in [4.78, 5) is 11.4. The van der Waals surface area contributed by atoms with E-state index in [1.807, 2.05) is 42.9 Å². The lowest BCUT2D eigenvalue weighted by Gasteiger charge is -1.93. The molecule has 0 radical (unpaired) electrons. The summed E-state index contributed by atoms with van der Waals surface area (Å²) in [6, 6.07) is 7.99. The van der Waals surface area contributed by atoms with E-state index in [4.69, 9.17) is 0 Å². The Morgan fingerprint density at radius 3 is 2.87 bits per heavy atom. The highest BCUT2D eigenvalue weighted by Gasteiger charge is 2.10. The van der Waals surface area contributed by atoms with Crippen molar-refractivity contribution in [3.63, 3.8) is 0 Å². The number of ketones is 1. The summed E-state index contributed by atoms with van der Waals surface area (Å²) in [5, 5.41) is 5.46. The molecule has 15 heavy (non-hydrogen) atoms. The summed E-state index contributed by atoms with van der Waals surface area (Å²) >= 11 is 0. The third-order valence-corrected chi connectivity index (χ3v) is 2.59. The summed E-state index contributed by atoms with van der Waals surface area (Å²) < 4.78 is 1.83. The maximum Gasteiger partial charge on any atom is 0.138 e. The monoisotopic (exact) mass is 202 g/mol. The van der Waals surface area contributed by atoms with E-state index in [-0.39, 0.29) is 5.78 Å². The van der Waals surface area contributed by atoms with Gasteiger partial charge in [0.2, 0.25) is 0 Å². The molecule has 0 aliphatic carbocycles. The molecule has 0 aliphatic rings. The van der Waals surface area contributed by atoms with Gasteiger partial charge in [-0.25, -0.2) is 0 Å². The quantitative estimate of drug-likeness (QED) is 0.764. The molecule has 0 N–H and O–H groups in total. The minimum absolute atomic E-state index is 0.235. The van der Waals surface area contributed by atoms with Crippen LogP contribution in [0, 0.1) is 0 Å². The van der Waals surface area contributed by atoms with Gasteiger partial charge in [0.15, 0.2) is 0 Å². The molecule has 0 spiro atoms. The number of Topliss-reactive ketones (excluding diaryl/α,β-unsaturated/α-hetero) is 1. The van der Waals surface area contributed by atoms with Crippen molar-refractivity contribution in [3.8, 4) is 0 Å². The molecule has 0 atom stereocenters. The Morgan fingerprint density at radius 2 is 2.13 bits per heavy atom. The van der Waals surface area contributed by atoms with Gasteiger partial charge in [0, 0.05) is 18.9 Å². The van der Waals surface area contributed by atoms with E-state index < -0.39 is 0 Å². The van der Waals surface area contributed by atoms with E-state index in [9.17, 15) is 4.79 Å². The molecule has 2 aromatic rings. The number of fused-ring (bicyclic) bond motifs is 1. The van der Waals surface area contributed by atoms with E-state index in [0.717, 1.165) is 16.6 Å². The van der Waals surface area contributed by atoms with Crippen LogP contribution in [0.25, 0.3) is 10.9 Å². The van der Waals surface area contributed by atoms with Gasteiger partial charge in [-0.05, 0) is 6.07 Å². The summed E-state index contributed by atoms with van der Waals surface area (Å²) in [5.74, 6) is 0.235. The molecule has 0 saturated heterocycles. The SMILES string of the molecule is CCC(=O)Cc1nn(C)c2ccccc12. The number of hydrogen-bond donors (Lipinski definition) is 0. The zero-order valence-electron chi connectivity index (χ0n) is 9.03. The van der Waals surface area contributed by atoms with E-state index in [1.54, 1.807) is 0 Å². The Hall–Kier alpha value is -1.64. The van der Waals surface area contributed by atoms with E-state index in [0.29, 0.717) is 12.8 Å². The molecule has 78 valence electrons. The molecule has 0 fully saturated rings. The highest BCUT2D eigenvalue weighted by Crippen LogP contribution is 2.18. The first-order valence-corrected chi connectivity index (χ1v) is 5.14. The Balaban J connectivity index is 2.48. The van der Waals surface area contributed by atoms with Gasteiger partial charge in [0.1, 0.15) is 5.78 Å². The van der Waals surface area contributed by atoms with Crippen LogP contribution in [0.1, 0.15) is 19.0 Å². The lowest BCUT2D eigenvalue weighted by Crippen LogP contribution is -2.02. The smallest absolute Gasteiger partial charge is 0.138 e. The predicted molar refractivity (Wildman–Crippen MR) is 59.7 cm³/mol. The summed E-state index contributed by atoms with van der Waals surface area (Å²) in [5.41, 5.74) is 1.97. The van der Waals surface area contributed by atoms with Crippen molar-refractivity contribution in [2.45, 2.75) is 19.8 Å². The molecule has 0 aliphatic heterocycles. The van der Waals surface area contributed by atoms with Crippen LogP contribution in [0.15, 0.2) is 24.3 Å². The van der Waals surface area contributed by atoms with E-state index in [1.165, 1.54) is 0 Å². The fraction of sp³-hybridized carbons (Fsp3) is 0.333. The van der Waals surface area contributed by atoms with Crippen LogP contribution in [0.3, 0.4) is 0 Å². The van der Waals surface area contributed by atoms with Crippen molar-refractivity contribution >= 4 is 16.7 Å². The zero-order chi connectivity index (χ0) is 10.8. The van der Waals surface area contributed by atoms with Crippen LogP contribution in [-0.4, -0.2) is 15.6 Å². The predicted octanol–water partition coefficient (Wildman–Crippen LogP) is 2.09. The minimum atomic E-state index is 0.235. The first-order chi connectivity index (χ1) is 7.22. The van der Waals surface area contributed by atoms with Gasteiger partial charge in [-0.15, -0.1) is 0 Å². The van der Waals surface area contributed by atoms with Crippen molar-refractivity contribution in [1.29, 1.82) is 0 Å². The number of aryl methyl sites for hydroxylation is 1. The maximum atomic E-state index is 11.4. The molecule has 1 aromatic carbocycles. The topological polar surface area (TPSA) is 34.9 Å². The molecule has 1 heterocycles. The van der Waals surface area contributed by atoms with Crippen LogP contribution >= 0.6 is 0 Å². The number of para-hydroxylation sites is 1. The van der Waals surface area contributed by atoms with Crippen molar-refractivity contribution in [1.82, 2.24) is 9.78 Å². The molecule has 3 nitrogen and oxygen atoms in total. The highest BCUT2D eigenvalue weighted by atomic mass is 16.1. The van der Waals surface area contributed by atoms with Gasteiger partial charge in [0.05, 0.1) is 17.6 Å². The number of aromatic nitrogens is 2. The normalized spacial score (nSPS) is 10.8. The van der Waals surface area contributed by atoms with Gasteiger partial charge < -0.3 is 0 Å². The molecular weight excluding hydrogens is 188 g/mol. The maximum absolute atomic E-state index is 11.4. The molecule has 0 amide bonds. The number of hydrogen-bond acceptors (Lipinski definition) is 2. The van der Waals surface area contributed by atoms with Crippen molar-refractivity contribution in [3.05, 3.63) is 30.0 Å². The Morgan fingerprint density at radius 1 is 1.40 bits per heavy atom. The van der Waals surface area contributed by atoms with E-state index >= 15 is 0 Å². The second-order valence-corrected chi connectivity index (χ2v) is 3.66. The fourth-order valence-electron chi connectivity index (χ4n) is 1.73. The third kappa shape index (κ3) is 1.77. The standard InChI is InChI=1S/C12H14N2O/c1-3-9(15)8-11-10-6-4-5-7-12(10)14(2)13-11/h4-7H,3,8H2,1-2H3. The summed E-state index contributed by atoms with van der Waals surface area (Å²) in [7, 11) is 1.91.